The highest BCUT2D eigenvalue weighted by molar-refractivity contribution is 7.89. The maximum absolute atomic E-state index is 13.1. The minimum absolute atomic E-state index is 0.0619. The Hall–Kier alpha value is -2.39. The van der Waals surface area contributed by atoms with Gasteiger partial charge in [0.25, 0.3) is 0 Å². The summed E-state index contributed by atoms with van der Waals surface area (Å²) in [6.07, 6.45) is 2.95. The largest absolute Gasteiger partial charge is 0.336 e. The Morgan fingerprint density at radius 3 is 2.68 bits per heavy atom. The van der Waals surface area contributed by atoms with Crippen LogP contribution >= 0.6 is 0 Å². The average molecular weight is 366 g/mol. The van der Waals surface area contributed by atoms with Crippen LogP contribution in [-0.4, -0.2) is 42.8 Å². The van der Waals surface area contributed by atoms with E-state index in [1.54, 1.807) is 26.2 Å². The molecule has 1 amide bonds. The molecule has 1 aromatic carbocycles. The fraction of sp³-hybridized carbons (Fsp3) is 0.312. The molecule has 134 valence electrons. The van der Waals surface area contributed by atoms with Crippen LogP contribution in [0.25, 0.3) is 0 Å². The van der Waals surface area contributed by atoms with Crippen LogP contribution in [0.4, 0.5) is 4.39 Å². The molecule has 2 aromatic rings. The van der Waals surface area contributed by atoms with Crippen molar-refractivity contribution >= 4 is 15.9 Å². The van der Waals surface area contributed by atoms with E-state index in [4.69, 9.17) is 0 Å². The van der Waals surface area contributed by atoms with Crippen molar-refractivity contribution in [3.63, 3.8) is 0 Å². The number of carbonyl (C=O) groups is 1. The number of halogens is 1. The Balaban J connectivity index is 2.05. The first-order valence-electron chi connectivity index (χ1n) is 7.50. The summed E-state index contributed by atoms with van der Waals surface area (Å²) in [6, 6.07) is 4.70. The normalized spacial score (nSPS) is 12.6. The lowest BCUT2D eigenvalue weighted by Gasteiger charge is -2.24. The number of aromatic nitrogens is 2. The summed E-state index contributed by atoms with van der Waals surface area (Å²) in [5, 5.41) is 0. The Bertz CT molecular complexity index is 859. The summed E-state index contributed by atoms with van der Waals surface area (Å²) in [5.41, 5.74) is 0.908. The molecule has 0 fully saturated rings. The fourth-order valence-electron chi connectivity index (χ4n) is 2.24. The molecule has 0 bridgehead atoms. The molecule has 0 saturated carbocycles. The third kappa shape index (κ3) is 4.58. The van der Waals surface area contributed by atoms with E-state index in [9.17, 15) is 17.6 Å². The first kappa shape index (κ1) is 18.9. The van der Waals surface area contributed by atoms with Gasteiger partial charge in [0.1, 0.15) is 12.1 Å². The Labute approximate surface area is 146 Å². The highest BCUT2D eigenvalue weighted by Crippen LogP contribution is 2.17. The van der Waals surface area contributed by atoms with Gasteiger partial charge in [-0.2, -0.15) is 0 Å². The number of nitrogens with zero attached hydrogens (tertiary/aromatic N) is 3. The summed E-state index contributed by atoms with van der Waals surface area (Å²) in [6.45, 7) is 2.85. The van der Waals surface area contributed by atoms with Gasteiger partial charge in [-0.1, -0.05) is 0 Å². The monoisotopic (exact) mass is 366 g/mol. The number of aryl methyl sites for hydroxylation is 1. The number of rotatable bonds is 6. The highest BCUT2D eigenvalue weighted by atomic mass is 32.2. The molecule has 0 aliphatic carbocycles. The molecule has 1 unspecified atom stereocenters. The Kier molecular flexibility index (Phi) is 5.81. The van der Waals surface area contributed by atoms with Crippen LogP contribution in [0.5, 0.6) is 0 Å². The van der Waals surface area contributed by atoms with Crippen LogP contribution in [0.1, 0.15) is 24.2 Å². The van der Waals surface area contributed by atoms with E-state index in [0.717, 1.165) is 12.1 Å². The van der Waals surface area contributed by atoms with Crippen molar-refractivity contribution < 1.29 is 17.6 Å². The highest BCUT2D eigenvalue weighted by Gasteiger charge is 2.22. The van der Waals surface area contributed by atoms with Crippen molar-refractivity contribution in [2.75, 3.05) is 13.6 Å². The SMILES string of the molecule is Cc1cc(F)ccc1S(=O)(=O)NCC(=O)N(C)C(C)c1ccncn1. The zero-order chi connectivity index (χ0) is 18.6. The Morgan fingerprint density at radius 2 is 2.08 bits per heavy atom. The number of carbonyl (C=O) groups excluding carboxylic acids is 1. The van der Waals surface area contributed by atoms with Gasteiger partial charge in [0, 0.05) is 13.2 Å². The number of amides is 1. The Morgan fingerprint density at radius 1 is 1.36 bits per heavy atom. The van der Waals surface area contributed by atoms with Crippen LogP contribution in [-0.2, 0) is 14.8 Å². The number of sulfonamides is 1. The summed E-state index contributed by atoms with van der Waals surface area (Å²) in [4.78, 5) is 21.5. The molecular formula is C16H19FN4O3S. The third-order valence-corrected chi connectivity index (χ3v) is 5.41. The van der Waals surface area contributed by atoms with Gasteiger partial charge in [0.2, 0.25) is 15.9 Å². The summed E-state index contributed by atoms with van der Waals surface area (Å²) < 4.78 is 40.0. The van der Waals surface area contributed by atoms with Crippen LogP contribution in [0.15, 0.2) is 41.7 Å². The zero-order valence-corrected chi connectivity index (χ0v) is 14.9. The van der Waals surface area contributed by atoms with Crippen molar-refractivity contribution in [1.29, 1.82) is 0 Å². The van der Waals surface area contributed by atoms with Gasteiger partial charge < -0.3 is 4.90 Å². The summed E-state index contributed by atoms with van der Waals surface area (Å²) in [5.74, 6) is -0.944. The lowest BCUT2D eigenvalue weighted by atomic mass is 10.2. The van der Waals surface area contributed by atoms with Crippen LogP contribution in [0.2, 0.25) is 0 Å². The second kappa shape index (κ2) is 7.66. The van der Waals surface area contributed by atoms with Gasteiger partial charge in [-0.15, -0.1) is 0 Å². The second-order valence-electron chi connectivity index (χ2n) is 5.55. The predicted molar refractivity (Wildman–Crippen MR) is 89.5 cm³/mol. The smallest absolute Gasteiger partial charge is 0.241 e. The van der Waals surface area contributed by atoms with Gasteiger partial charge in [-0.3, -0.25) is 4.79 Å². The maximum atomic E-state index is 13.1. The van der Waals surface area contributed by atoms with Crippen molar-refractivity contribution in [2.24, 2.45) is 0 Å². The van der Waals surface area contributed by atoms with Crippen LogP contribution in [0.3, 0.4) is 0 Å². The number of likely N-dealkylation sites (N-methyl/N-ethyl adjacent to an activating group) is 1. The first-order chi connectivity index (χ1) is 11.7. The number of nitrogens with one attached hydrogen (secondary N) is 1. The van der Waals surface area contributed by atoms with Gasteiger partial charge in [0.05, 0.1) is 23.2 Å². The molecule has 0 radical (unpaired) electrons. The third-order valence-electron chi connectivity index (χ3n) is 3.85. The molecule has 2 rings (SSSR count). The van der Waals surface area contributed by atoms with E-state index in [0.29, 0.717) is 5.69 Å². The maximum Gasteiger partial charge on any atom is 0.241 e. The van der Waals surface area contributed by atoms with E-state index < -0.39 is 28.3 Å². The van der Waals surface area contributed by atoms with E-state index in [1.807, 2.05) is 0 Å². The average Bonchev–Trinajstić information content (AvgIpc) is 2.58. The number of benzene rings is 1. The second-order valence-corrected chi connectivity index (χ2v) is 7.28. The van der Waals surface area contributed by atoms with Gasteiger partial charge in [-0.05, 0) is 43.7 Å². The molecule has 1 aromatic heterocycles. The molecular weight excluding hydrogens is 347 g/mol. The minimum atomic E-state index is -3.92. The van der Waals surface area contributed by atoms with Crippen molar-refractivity contribution in [3.05, 3.63) is 53.9 Å². The summed E-state index contributed by atoms with van der Waals surface area (Å²) >= 11 is 0. The molecule has 9 heteroatoms. The van der Waals surface area contributed by atoms with E-state index in [2.05, 4.69) is 14.7 Å². The summed E-state index contributed by atoms with van der Waals surface area (Å²) in [7, 11) is -2.35. The van der Waals surface area contributed by atoms with Gasteiger partial charge in [0.15, 0.2) is 0 Å². The fourth-order valence-corrected chi connectivity index (χ4v) is 3.43. The first-order valence-corrected chi connectivity index (χ1v) is 8.98. The van der Waals surface area contributed by atoms with Gasteiger partial charge in [-0.25, -0.2) is 27.5 Å². The topological polar surface area (TPSA) is 92.3 Å². The lowest BCUT2D eigenvalue weighted by molar-refractivity contribution is -0.130. The van der Waals surface area contributed by atoms with Crippen LogP contribution in [0, 0.1) is 12.7 Å². The molecule has 0 aliphatic heterocycles. The molecule has 0 saturated heterocycles. The minimum Gasteiger partial charge on any atom is -0.336 e. The lowest BCUT2D eigenvalue weighted by Crippen LogP contribution is -2.39. The quantitative estimate of drug-likeness (QED) is 0.835. The molecule has 0 spiro atoms. The van der Waals surface area contributed by atoms with E-state index in [1.165, 1.54) is 24.2 Å². The van der Waals surface area contributed by atoms with Crippen molar-refractivity contribution in [1.82, 2.24) is 19.6 Å². The van der Waals surface area contributed by atoms with Crippen LogP contribution < -0.4 is 4.72 Å². The molecule has 0 aliphatic rings. The number of hydrogen-bond acceptors (Lipinski definition) is 5. The number of hydrogen-bond donors (Lipinski definition) is 1. The van der Waals surface area contributed by atoms with Crippen molar-refractivity contribution in [3.8, 4) is 0 Å². The molecule has 25 heavy (non-hydrogen) atoms. The van der Waals surface area contributed by atoms with E-state index in [-0.39, 0.29) is 16.5 Å². The van der Waals surface area contributed by atoms with Gasteiger partial charge >= 0.3 is 0 Å². The zero-order valence-electron chi connectivity index (χ0n) is 14.1. The standard InChI is InChI=1S/C16H19FN4O3S/c1-11-8-13(17)4-5-15(11)25(23,24)20-9-16(22)21(3)12(2)14-6-7-18-10-19-14/h4-8,10,12,20H,9H2,1-3H3. The molecule has 1 N–H and O–H groups in total. The molecule has 1 heterocycles. The molecule has 7 nitrogen and oxygen atoms in total. The van der Waals surface area contributed by atoms with E-state index >= 15 is 0 Å². The molecule has 1 atom stereocenters. The van der Waals surface area contributed by atoms with Crippen molar-refractivity contribution in [2.45, 2.75) is 24.8 Å². The predicted octanol–water partition coefficient (Wildman–Crippen LogP) is 1.42.